The number of hydrogen-bond acceptors (Lipinski definition) is 4. The van der Waals surface area contributed by atoms with Gasteiger partial charge < -0.3 is 10.2 Å². The smallest absolute Gasteiger partial charge is 0.243 e. The Morgan fingerprint density at radius 3 is 2.38 bits per heavy atom. The highest BCUT2D eigenvalue weighted by molar-refractivity contribution is 5.82. The maximum Gasteiger partial charge on any atom is 0.243 e. The van der Waals surface area contributed by atoms with Crippen molar-refractivity contribution < 1.29 is 9.59 Å². The van der Waals surface area contributed by atoms with E-state index in [0.29, 0.717) is 19.0 Å². The predicted molar refractivity (Wildman–Crippen MR) is 97.3 cm³/mol. The largest absolute Gasteiger partial charge is 0.349 e. The van der Waals surface area contributed by atoms with Gasteiger partial charge in [-0.05, 0) is 25.0 Å². The van der Waals surface area contributed by atoms with E-state index in [2.05, 4.69) is 15.5 Å². The zero-order valence-electron chi connectivity index (χ0n) is 14.9. The van der Waals surface area contributed by atoms with E-state index in [1.165, 1.54) is 30.5 Å². The van der Waals surface area contributed by atoms with Crippen LogP contribution in [0.3, 0.4) is 0 Å². The minimum Gasteiger partial charge on any atom is -0.349 e. The van der Waals surface area contributed by atoms with Crippen LogP contribution in [0.15, 0.2) is 24.3 Å². The molecule has 1 atom stereocenters. The predicted octanol–water partition coefficient (Wildman–Crippen LogP) is 1.87. The summed E-state index contributed by atoms with van der Waals surface area (Å²) in [4.78, 5) is 28.2. The summed E-state index contributed by atoms with van der Waals surface area (Å²) in [5.41, 5.74) is 1.55. The van der Waals surface area contributed by atoms with Gasteiger partial charge in [-0.1, -0.05) is 37.8 Å². The van der Waals surface area contributed by atoms with E-state index >= 15 is 0 Å². The number of rotatable bonds is 4. The molecule has 2 aromatic rings. The van der Waals surface area contributed by atoms with Gasteiger partial charge in [0.05, 0.1) is 6.04 Å². The molecule has 26 heavy (non-hydrogen) atoms. The molecule has 2 heterocycles. The summed E-state index contributed by atoms with van der Waals surface area (Å²) in [5.74, 6) is 0.0241. The van der Waals surface area contributed by atoms with Gasteiger partial charge in [0.2, 0.25) is 11.8 Å². The number of fused-ring (bicyclic) bond motifs is 1. The van der Waals surface area contributed by atoms with Crippen molar-refractivity contribution in [1.82, 2.24) is 25.2 Å². The molecule has 1 saturated heterocycles. The van der Waals surface area contributed by atoms with Gasteiger partial charge in [-0.2, -0.15) is 15.0 Å². The molecule has 2 amide bonds. The SMILES string of the molecule is O=C(Cn1nc2ccccc2n1)NC1CC(=O)N(C2CCCCCC2)C1. The number of nitrogens with one attached hydrogen (secondary N) is 1. The molecule has 1 aromatic heterocycles. The Morgan fingerprint density at radius 2 is 1.73 bits per heavy atom. The lowest BCUT2D eigenvalue weighted by atomic mass is 10.1. The molecule has 0 bridgehead atoms. The lowest BCUT2D eigenvalue weighted by Crippen LogP contribution is -2.41. The van der Waals surface area contributed by atoms with Crippen molar-refractivity contribution in [2.45, 2.75) is 63.6 Å². The van der Waals surface area contributed by atoms with E-state index in [9.17, 15) is 9.59 Å². The van der Waals surface area contributed by atoms with Crippen LogP contribution in [0, 0.1) is 0 Å². The van der Waals surface area contributed by atoms with Gasteiger partial charge in [0.1, 0.15) is 17.6 Å². The van der Waals surface area contributed by atoms with Gasteiger partial charge in [-0.3, -0.25) is 9.59 Å². The zero-order valence-corrected chi connectivity index (χ0v) is 14.9. The van der Waals surface area contributed by atoms with Crippen molar-refractivity contribution >= 4 is 22.8 Å². The van der Waals surface area contributed by atoms with Gasteiger partial charge in [-0.15, -0.1) is 0 Å². The number of carbonyl (C=O) groups excluding carboxylic acids is 2. The summed E-state index contributed by atoms with van der Waals surface area (Å²) < 4.78 is 0. The Hall–Kier alpha value is -2.44. The molecule has 138 valence electrons. The standard InChI is InChI=1S/C19H25N5O2/c25-18(13-24-21-16-9-5-6-10-17(16)22-24)20-14-11-19(26)23(12-14)15-7-3-1-2-4-8-15/h5-6,9-10,14-15H,1-4,7-8,11-13H2,(H,20,25). The molecule has 0 spiro atoms. The lowest BCUT2D eigenvalue weighted by Gasteiger charge is -2.27. The summed E-state index contributed by atoms with van der Waals surface area (Å²) in [5, 5.41) is 11.6. The first-order valence-electron chi connectivity index (χ1n) is 9.58. The maximum absolute atomic E-state index is 12.4. The molecule has 2 aliphatic rings. The molecule has 4 rings (SSSR count). The molecule has 7 nitrogen and oxygen atoms in total. The number of aromatic nitrogens is 3. The van der Waals surface area contributed by atoms with Crippen LogP contribution in [0.2, 0.25) is 0 Å². The molecule has 1 unspecified atom stereocenters. The average Bonchev–Trinajstić information content (AvgIpc) is 3.06. The van der Waals surface area contributed by atoms with Crippen molar-refractivity contribution in [3.05, 3.63) is 24.3 Å². The Labute approximate surface area is 152 Å². The van der Waals surface area contributed by atoms with Gasteiger partial charge in [0, 0.05) is 19.0 Å². The van der Waals surface area contributed by atoms with Crippen LogP contribution in [0.25, 0.3) is 11.0 Å². The Morgan fingerprint density at radius 1 is 1.08 bits per heavy atom. The maximum atomic E-state index is 12.4. The second-order valence-electron chi connectivity index (χ2n) is 7.38. The van der Waals surface area contributed by atoms with Gasteiger partial charge in [0.15, 0.2) is 0 Å². The number of nitrogens with zero attached hydrogens (tertiary/aromatic N) is 4. The quantitative estimate of drug-likeness (QED) is 0.849. The van der Waals surface area contributed by atoms with E-state index in [4.69, 9.17) is 0 Å². The Balaban J connectivity index is 1.33. The Bertz CT molecular complexity index is 761. The van der Waals surface area contributed by atoms with Crippen molar-refractivity contribution in [3.8, 4) is 0 Å². The van der Waals surface area contributed by atoms with E-state index in [-0.39, 0.29) is 24.4 Å². The van der Waals surface area contributed by atoms with E-state index in [1.807, 2.05) is 29.2 Å². The van der Waals surface area contributed by atoms with Gasteiger partial charge in [-0.25, -0.2) is 0 Å². The van der Waals surface area contributed by atoms with Crippen molar-refractivity contribution in [3.63, 3.8) is 0 Å². The normalized spacial score (nSPS) is 21.9. The molecule has 2 fully saturated rings. The highest BCUT2D eigenvalue weighted by Gasteiger charge is 2.35. The lowest BCUT2D eigenvalue weighted by molar-refractivity contribution is -0.129. The topological polar surface area (TPSA) is 80.1 Å². The molecule has 1 aromatic carbocycles. The highest BCUT2D eigenvalue weighted by atomic mass is 16.2. The third-order valence-electron chi connectivity index (χ3n) is 5.40. The fourth-order valence-electron chi connectivity index (χ4n) is 4.13. The van der Waals surface area contributed by atoms with E-state index in [0.717, 1.165) is 23.9 Å². The van der Waals surface area contributed by atoms with Crippen molar-refractivity contribution in [2.24, 2.45) is 0 Å². The first-order chi connectivity index (χ1) is 12.7. The second-order valence-corrected chi connectivity index (χ2v) is 7.38. The number of carbonyl (C=O) groups is 2. The van der Waals surface area contributed by atoms with Crippen LogP contribution in [0.1, 0.15) is 44.9 Å². The monoisotopic (exact) mass is 355 g/mol. The molecule has 1 N–H and O–H groups in total. The summed E-state index contributed by atoms with van der Waals surface area (Å²) in [6.45, 7) is 0.701. The first-order valence-corrected chi connectivity index (χ1v) is 9.58. The number of amides is 2. The summed E-state index contributed by atoms with van der Waals surface area (Å²) in [6.07, 6.45) is 7.52. The van der Waals surface area contributed by atoms with Crippen LogP contribution < -0.4 is 5.32 Å². The minimum atomic E-state index is -0.147. The Kier molecular flexibility index (Phi) is 4.86. The summed E-state index contributed by atoms with van der Waals surface area (Å²) in [7, 11) is 0. The molecule has 1 aliphatic carbocycles. The van der Waals surface area contributed by atoms with E-state index < -0.39 is 0 Å². The van der Waals surface area contributed by atoms with Crippen molar-refractivity contribution in [2.75, 3.05) is 6.54 Å². The molecular weight excluding hydrogens is 330 g/mol. The first kappa shape index (κ1) is 17.0. The summed E-state index contributed by atoms with van der Waals surface area (Å²) in [6, 6.07) is 7.78. The molecule has 7 heteroatoms. The van der Waals surface area contributed by atoms with Crippen LogP contribution >= 0.6 is 0 Å². The van der Waals surface area contributed by atoms with Gasteiger partial charge in [0.25, 0.3) is 0 Å². The fourth-order valence-corrected chi connectivity index (χ4v) is 4.13. The van der Waals surface area contributed by atoms with Crippen molar-refractivity contribution in [1.29, 1.82) is 0 Å². The number of hydrogen-bond donors (Lipinski definition) is 1. The number of benzene rings is 1. The summed E-state index contributed by atoms with van der Waals surface area (Å²) >= 11 is 0. The molecule has 0 radical (unpaired) electrons. The van der Waals surface area contributed by atoms with Gasteiger partial charge >= 0.3 is 0 Å². The minimum absolute atomic E-state index is 0.0722. The van der Waals surface area contributed by atoms with E-state index in [1.54, 1.807) is 0 Å². The fraction of sp³-hybridized carbons (Fsp3) is 0.579. The second kappa shape index (κ2) is 7.43. The van der Waals surface area contributed by atoms with Crippen LogP contribution in [-0.4, -0.2) is 50.3 Å². The zero-order chi connectivity index (χ0) is 17.9. The third kappa shape index (κ3) is 3.71. The van der Waals surface area contributed by atoms with Crippen LogP contribution in [0.4, 0.5) is 0 Å². The molecule has 1 saturated carbocycles. The molecular formula is C19H25N5O2. The average molecular weight is 355 g/mol. The number of likely N-dealkylation sites (tertiary alicyclic amines) is 1. The highest BCUT2D eigenvalue weighted by Crippen LogP contribution is 2.25. The van der Waals surface area contributed by atoms with Crippen LogP contribution in [0.5, 0.6) is 0 Å². The third-order valence-corrected chi connectivity index (χ3v) is 5.40. The van der Waals surface area contributed by atoms with Crippen LogP contribution in [-0.2, 0) is 16.1 Å². The molecule has 1 aliphatic heterocycles.